The number of oxazole rings is 1. The van der Waals surface area contributed by atoms with Gasteiger partial charge in [0.05, 0.1) is 22.2 Å². The first kappa shape index (κ1) is 18.4. The van der Waals surface area contributed by atoms with E-state index < -0.39 is 5.97 Å². The smallest absolute Gasteiger partial charge is 0.338 e. The van der Waals surface area contributed by atoms with Crippen LogP contribution in [-0.2, 0) is 24.3 Å². The average molecular weight is 381 g/mol. The molecule has 0 N–H and O–H groups in total. The van der Waals surface area contributed by atoms with Crippen LogP contribution in [0.4, 0.5) is 0 Å². The Hall–Kier alpha value is -2.96. The zero-order chi connectivity index (χ0) is 19.7. The van der Waals surface area contributed by atoms with Crippen molar-refractivity contribution >= 4 is 16.9 Å². The van der Waals surface area contributed by atoms with E-state index in [4.69, 9.17) is 9.15 Å². The number of ether oxygens (including phenoxy) is 1. The van der Waals surface area contributed by atoms with Crippen molar-refractivity contribution in [2.75, 3.05) is 0 Å². The highest BCUT2D eigenvalue weighted by Crippen LogP contribution is 2.17. The van der Waals surface area contributed by atoms with Gasteiger partial charge in [0.2, 0.25) is 5.89 Å². The maximum absolute atomic E-state index is 12.9. The summed E-state index contributed by atoms with van der Waals surface area (Å²) < 4.78 is 12.5. The van der Waals surface area contributed by atoms with E-state index in [-0.39, 0.29) is 12.2 Å². The summed E-state index contributed by atoms with van der Waals surface area (Å²) in [6.07, 6.45) is 5.08. The van der Waals surface area contributed by atoms with Crippen LogP contribution in [0.1, 0.15) is 59.2 Å². The third-order valence-corrected chi connectivity index (χ3v) is 5.20. The first-order valence-corrected chi connectivity index (χ1v) is 9.66. The van der Waals surface area contributed by atoms with Gasteiger partial charge in [-0.3, -0.25) is 9.36 Å². The molecule has 0 bridgehead atoms. The van der Waals surface area contributed by atoms with Crippen LogP contribution in [0.25, 0.3) is 10.9 Å². The van der Waals surface area contributed by atoms with E-state index in [0.29, 0.717) is 34.7 Å². The fourth-order valence-corrected chi connectivity index (χ4v) is 3.53. The van der Waals surface area contributed by atoms with Gasteiger partial charge in [0.15, 0.2) is 6.61 Å². The molecule has 4 rings (SSSR count). The van der Waals surface area contributed by atoms with Crippen molar-refractivity contribution in [2.45, 2.75) is 59.1 Å². The zero-order valence-electron chi connectivity index (χ0n) is 16.2. The van der Waals surface area contributed by atoms with Gasteiger partial charge in [-0.25, -0.2) is 14.8 Å². The van der Waals surface area contributed by atoms with Gasteiger partial charge in [0.25, 0.3) is 5.56 Å². The Kier molecular flexibility index (Phi) is 4.98. The summed E-state index contributed by atoms with van der Waals surface area (Å²) in [6, 6.07) is 4.90. The molecule has 3 aromatic rings. The number of rotatable bonds is 3. The predicted octanol–water partition coefficient (Wildman–Crippen LogP) is 3.47. The minimum absolute atomic E-state index is 0.0347. The first-order valence-electron chi connectivity index (χ1n) is 9.66. The molecule has 0 spiro atoms. The second kappa shape index (κ2) is 7.58. The van der Waals surface area contributed by atoms with Crippen LogP contribution in [0, 0.1) is 13.8 Å². The highest BCUT2D eigenvalue weighted by molar-refractivity contribution is 5.94. The maximum atomic E-state index is 12.9. The molecule has 1 aliphatic rings. The van der Waals surface area contributed by atoms with Gasteiger partial charge in [-0.1, -0.05) is 12.8 Å². The fourth-order valence-electron chi connectivity index (χ4n) is 3.53. The third-order valence-electron chi connectivity index (χ3n) is 5.20. The van der Waals surface area contributed by atoms with E-state index in [9.17, 15) is 9.59 Å². The molecule has 1 aromatic carbocycles. The van der Waals surface area contributed by atoms with Gasteiger partial charge in [-0.15, -0.1) is 0 Å². The summed E-state index contributed by atoms with van der Waals surface area (Å²) >= 11 is 0. The molecule has 146 valence electrons. The minimum atomic E-state index is -0.496. The molecule has 0 aliphatic carbocycles. The zero-order valence-corrected chi connectivity index (χ0v) is 16.2. The monoisotopic (exact) mass is 381 g/mol. The van der Waals surface area contributed by atoms with Gasteiger partial charge in [0, 0.05) is 13.0 Å². The van der Waals surface area contributed by atoms with Crippen LogP contribution in [0.3, 0.4) is 0 Å². The number of benzene rings is 1. The standard InChI is InChI=1S/C21H23N3O4/c1-13-14(2)28-19(22-13)12-27-21(26)15-8-9-16-17(11-15)23-18-7-5-3-4-6-10-24(18)20(16)25/h8-9,11H,3-7,10,12H2,1-2H3. The number of carbonyl (C=O) groups excluding carboxylic acids is 1. The molecule has 0 saturated heterocycles. The van der Waals surface area contributed by atoms with Gasteiger partial charge in [-0.05, 0) is 44.9 Å². The summed E-state index contributed by atoms with van der Waals surface area (Å²) in [5.41, 5.74) is 1.63. The van der Waals surface area contributed by atoms with Crippen LogP contribution in [0.5, 0.6) is 0 Å². The van der Waals surface area contributed by atoms with Gasteiger partial charge in [-0.2, -0.15) is 0 Å². The molecule has 0 unspecified atom stereocenters. The van der Waals surface area contributed by atoms with E-state index in [1.807, 2.05) is 13.8 Å². The number of aryl methyl sites for hydroxylation is 3. The van der Waals surface area contributed by atoms with E-state index >= 15 is 0 Å². The van der Waals surface area contributed by atoms with Crippen molar-refractivity contribution in [1.82, 2.24) is 14.5 Å². The molecule has 2 aromatic heterocycles. The number of carbonyl (C=O) groups is 1. The first-order chi connectivity index (χ1) is 13.5. The molecule has 3 heterocycles. The van der Waals surface area contributed by atoms with Crippen LogP contribution < -0.4 is 5.56 Å². The number of nitrogens with zero attached hydrogens (tertiary/aromatic N) is 3. The predicted molar refractivity (Wildman–Crippen MR) is 103 cm³/mol. The lowest BCUT2D eigenvalue weighted by molar-refractivity contribution is 0.0437. The van der Waals surface area contributed by atoms with Crippen molar-refractivity contribution in [3.05, 3.63) is 57.3 Å². The molecule has 0 atom stereocenters. The summed E-state index contributed by atoms with van der Waals surface area (Å²) in [7, 11) is 0. The molecule has 7 heteroatoms. The van der Waals surface area contributed by atoms with Crippen LogP contribution in [-0.4, -0.2) is 20.5 Å². The molecular formula is C21H23N3O4. The van der Waals surface area contributed by atoms with E-state index in [2.05, 4.69) is 9.97 Å². The Morgan fingerprint density at radius 2 is 2.00 bits per heavy atom. The van der Waals surface area contributed by atoms with E-state index in [0.717, 1.165) is 43.6 Å². The third kappa shape index (κ3) is 3.56. The summed E-state index contributed by atoms with van der Waals surface area (Å²) in [4.78, 5) is 34.2. The number of esters is 1. The van der Waals surface area contributed by atoms with Crippen molar-refractivity contribution in [3.8, 4) is 0 Å². The minimum Gasteiger partial charge on any atom is -0.452 e. The topological polar surface area (TPSA) is 87.2 Å². The number of hydrogen-bond donors (Lipinski definition) is 0. The molecule has 7 nitrogen and oxygen atoms in total. The normalized spacial score (nSPS) is 14.4. The Morgan fingerprint density at radius 3 is 2.79 bits per heavy atom. The van der Waals surface area contributed by atoms with Crippen LogP contribution in [0.15, 0.2) is 27.4 Å². The summed E-state index contributed by atoms with van der Waals surface area (Å²) in [6.45, 7) is 4.32. The van der Waals surface area contributed by atoms with Gasteiger partial charge in [0.1, 0.15) is 11.6 Å². The molecule has 1 aliphatic heterocycles. The van der Waals surface area contributed by atoms with E-state index in [1.54, 1.807) is 22.8 Å². The van der Waals surface area contributed by atoms with Gasteiger partial charge < -0.3 is 9.15 Å². The largest absolute Gasteiger partial charge is 0.452 e. The van der Waals surface area contributed by atoms with Gasteiger partial charge >= 0.3 is 5.97 Å². The quantitative estimate of drug-likeness (QED) is 0.646. The maximum Gasteiger partial charge on any atom is 0.338 e. The Bertz CT molecular complexity index is 1080. The number of hydrogen-bond acceptors (Lipinski definition) is 6. The van der Waals surface area contributed by atoms with Crippen molar-refractivity contribution in [2.24, 2.45) is 0 Å². The summed E-state index contributed by atoms with van der Waals surface area (Å²) in [5, 5.41) is 0.528. The molecule has 0 radical (unpaired) electrons. The highest BCUT2D eigenvalue weighted by Gasteiger charge is 2.16. The lowest BCUT2D eigenvalue weighted by Gasteiger charge is -2.16. The Balaban J connectivity index is 1.60. The fraction of sp³-hybridized carbons (Fsp3) is 0.429. The molecule has 0 fully saturated rings. The van der Waals surface area contributed by atoms with Crippen molar-refractivity contribution in [3.63, 3.8) is 0 Å². The molecule has 0 amide bonds. The van der Waals surface area contributed by atoms with Crippen LogP contribution in [0.2, 0.25) is 0 Å². The number of fused-ring (bicyclic) bond motifs is 2. The van der Waals surface area contributed by atoms with Crippen molar-refractivity contribution < 1.29 is 13.9 Å². The van der Waals surface area contributed by atoms with E-state index in [1.165, 1.54) is 0 Å². The Morgan fingerprint density at radius 1 is 1.18 bits per heavy atom. The lowest BCUT2D eigenvalue weighted by Crippen LogP contribution is -2.26. The van der Waals surface area contributed by atoms with Crippen molar-refractivity contribution in [1.29, 1.82) is 0 Å². The molecule has 28 heavy (non-hydrogen) atoms. The number of aromatic nitrogens is 3. The average Bonchev–Trinajstić information content (AvgIpc) is 2.98. The highest BCUT2D eigenvalue weighted by atomic mass is 16.5. The second-order valence-corrected chi connectivity index (χ2v) is 7.21. The van der Waals surface area contributed by atoms with Crippen LogP contribution >= 0.6 is 0 Å². The summed E-state index contributed by atoms with van der Waals surface area (Å²) in [5.74, 6) is 1.37. The SMILES string of the molecule is Cc1nc(COC(=O)c2ccc3c(=O)n4c(nc3c2)CCCCCC4)oc1C. The lowest BCUT2D eigenvalue weighted by atomic mass is 10.1. The Labute approximate surface area is 162 Å². The second-order valence-electron chi connectivity index (χ2n) is 7.21. The molecular weight excluding hydrogens is 358 g/mol. The molecule has 0 saturated carbocycles.